The van der Waals surface area contributed by atoms with Crippen molar-refractivity contribution in [2.24, 2.45) is 0 Å². The van der Waals surface area contributed by atoms with E-state index < -0.39 is 0 Å². The summed E-state index contributed by atoms with van der Waals surface area (Å²) >= 11 is 0. The van der Waals surface area contributed by atoms with E-state index in [1.165, 1.54) is 4.68 Å². The molecule has 0 unspecified atom stereocenters. The van der Waals surface area contributed by atoms with Gasteiger partial charge in [-0.1, -0.05) is 42.5 Å². The maximum Gasteiger partial charge on any atom is 0.267 e. The first kappa shape index (κ1) is 19.3. The number of aromatic nitrogens is 3. The van der Waals surface area contributed by atoms with Crippen LogP contribution in [0.15, 0.2) is 96.1 Å². The SMILES string of the molecule is COc1ccc(-c2nn(CC=Cc3ccccc3)c(=O)cc2-c2ccncc2)cc1. The predicted molar refractivity (Wildman–Crippen MR) is 119 cm³/mol. The Morgan fingerprint density at radius 2 is 1.67 bits per heavy atom. The fourth-order valence-corrected chi connectivity index (χ4v) is 3.19. The molecule has 0 N–H and O–H groups in total. The van der Waals surface area contributed by atoms with Crippen LogP contribution < -0.4 is 10.3 Å². The van der Waals surface area contributed by atoms with Crippen LogP contribution in [0.5, 0.6) is 5.75 Å². The van der Waals surface area contributed by atoms with E-state index in [1.807, 2.05) is 78.9 Å². The van der Waals surface area contributed by atoms with Crippen LogP contribution in [0.2, 0.25) is 0 Å². The van der Waals surface area contributed by atoms with Gasteiger partial charge in [-0.2, -0.15) is 5.10 Å². The quantitative estimate of drug-likeness (QED) is 0.475. The Morgan fingerprint density at radius 1 is 0.933 bits per heavy atom. The van der Waals surface area contributed by atoms with Gasteiger partial charge in [-0.15, -0.1) is 0 Å². The normalized spacial score (nSPS) is 11.0. The molecule has 0 fully saturated rings. The minimum Gasteiger partial charge on any atom is -0.497 e. The van der Waals surface area contributed by atoms with Crippen LogP contribution in [0.1, 0.15) is 5.56 Å². The topological polar surface area (TPSA) is 57.0 Å². The minimum atomic E-state index is -0.156. The number of hydrogen-bond acceptors (Lipinski definition) is 4. The van der Waals surface area contributed by atoms with Gasteiger partial charge in [0.1, 0.15) is 5.75 Å². The van der Waals surface area contributed by atoms with Crippen molar-refractivity contribution in [3.63, 3.8) is 0 Å². The van der Waals surface area contributed by atoms with Crippen molar-refractivity contribution in [2.45, 2.75) is 6.54 Å². The lowest BCUT2D eigenvalue weighted by atomic mass is 10.0. The van der Waals surface area contributed by atoms with Crippen LogP contribution >= 0.6 is 0 Å². The van der Waals surface area contributed by atoms with Crippen LogP contribution in [0.3, 0.4) is 0 Å². The van der Waals surface area contributed by atoms with Crippen molar-refractivity contribution in [1.82, 2.24) is 14.8 Å². The van der Waals surface area contributed by atoms with Crippen molar-refractivity contribution in [3.8, 4) is 28.1 Å². The van der Waals surface area contributed by atoms with Gasteiger partial charge in [-0.25, -0.2) is 4.68 Å². The van der Waals surface area contributed by atoms with Crippen LogP contribution in [-0.2, 0) is 6.54 Å². The number of hydrogen-bond donors (Lipinski definition) is 0. The van der Waals surface area contributed by atoms with Gasteiger partial charge in [-0.3, -0.25) is 9.78 Å². The van der Waals surface area contributed by atoms with E-state index in [9.17, 15) is 4.79 Å². The Kier molecular flexibility index (Phi) is 5.80. The summed E-state index contributed by atoms with van der Waals surface area (Å²) in [5, 5.41) is 4.70. The predicted octanol–water partition coefficient (Wildman–Crippen LogP) is 4.69. The molecule has 4 rings (SSSR count). The molecular weight excluding hydrogens is 374 g/mol. The summed E-state index contributed by atoms with van der Waals surface area (Å²) < 4.78 is 6.74. The highest BCUT2D eigenvalue weighted by atomic mass is 16.5. The summed E-state index contributed by atoms with van der Waals surface area (Å²) in [5.74, 6) is 0.767. The molecule has 0 saturated heterocycles. The molecular formula is C25H21N3O2. The minimum absolute atomic E-state index is 0.156. The smallest absolute Gasteiger partial charge is 0.267 e. The summed E-state index contributed by atoms with van der Waals surface area (Å²) in [6, 6.07) is 23.0. The molecule has 0 spiro atoms. The molecule has 30 heavy (non-hydrogen) atoms. The second kappa shape index (κ2) is 9.01. The molecule has 2 aromatic heterocycles. The van der Waals surface area contributed by atoms with Crippen LogP contribution in [-0.4, -0.2) is 21.9 Å². The van der Waals surface area contributed by atoms with Crippen LogP contribution in [0.4, 0.5) is 0 Å². The van der Waals surface area contributed by atoms with Gasteiger partial charge in [0.15, 0.2) is 0 Å². The second-order valence-corrected chi connectivity index (χ2v) is 6.70. The first-order valence-electron chi connectivity index (χ1n) is 9.63. The Morgan fingerprint density at radius 3 is 2.37 bits per heavy atom. The maximum absolute atomic E-state index is 12.8. The molecule has 0 aliphatic carbocycles. The second-order valence-electron chi connectivity index (χ2n) is 6.70. The molecule has 0 amide bonds. The first-order chi connectivity index (χ1) is 14.7. The molecule has 4 aromatic rings. The summed E-state index contributed by atoms with van der Waals surface area (Å²) in [4.78, 5) is 16.8. The zero-order chi connectivity index (χ0) is 20.8. The van der Waals surface area contributed by atoms with E-state index in [2.05, 4.69) is 4.98 Å². The number of ether oxygens (including phenoxy) is 1. The molecule has 0 bridgehead atoms. The van der Waals surface area contributed by atoms with Crippen molar-refractivity contribution < 1.29 is 4.74 Å². The standard InChI is InChI=1S/C25H21N3O2/c1-30-22-11-9-21(10-12-22)25-23(20-13-15-26-16-14-20)18-24(29)28(27-25)17-5-8-19-6-3-2-4-7-19/h2-16,18H,17H2,1H3. The van der Waals surface area contributed by atoms with Crippen LogP contribution in [0.25, 0.3) is 28.5 Å². The van der Waals surface area contributed by atoms with Gasteiger partial charge >= 0.3 is 0 Å². The zero-order valence-corrected chi connectivity index (χ0v) is 16.6. The molecule has 0 saturated carbocycles. The fraction of sp³-hybridized carbons (Fsp3) is 0.0800. The maximum atomic E-state index is 12.8. The number of allylic oxidation sites excluding steroid dienone is 1. The molecule has 0 radical (unpaired) electrons. The molecule has 2 aromatic carbocycles. The Bertz CT molecular complexity index is 1200. The van der Waals surface area contributed by atoms with Gasteiger partial charge in [-0.05, 0) is 47.5 Å². The molecule has 0 aliphatic heterocycles. The highest BCUT2D eigenvalue weighted by Crippen LogP contribution is 2.29. The number of methoxy groups -OCH3 is 1. The third kappa shape index (κ3) is 4.36. The van der Waals surface area contributed by atoms with Gasteiger partial charge in [0.2, 0.25) is 0 Å². The lowest BCUT2D eigenvalue weighted by molar-refractivity contribution is 0.415. The van der Waals surface area contributed by atoms with Crippen molar-refractivity contribution >= 4 is 6.08 Å². The summed E-state index contributed by atoms with van der Waals surface area (Å²) in [6.45, 7) is 0.382. The average Bonchev–Trinajstić information content (AvgIpc) is 2.81. The van der Waals surface area contributed by atoms with E-state index in [0.717, 1.165) is 33.7 Å². The summed E-state index contributed by atoms with van der Waals surface area (Å²) in [5.41, 5.74) is 4.23. The van der Waals surface area contributed by atoms with Gasteiger partial charge < -0.3 is 4.74 Å². The monoisotopic (exact) mass is 395 g/mol. The Balaban J connectivity index is 1.75. The van der Waals surface area contributed by atoms with Gasteiger partial charge in [0.05, 0.1) is 19.3 Å². The fourth-order valence-electron chi connectivity index (χ4n) is 3.19. The Hall–Kier alpha value is -3.99. The molecule has 5 heteroatoms. The van der Waals surface area contributed by atoms with E-state index in [1.54, 1.807) is 25.6 Å². The number of rotatable bonds is 6. The number of pyridine rings is 1. The highest BCUT2D eigenvalue weighted by molar-refractivity contribution is 5.80. The van der Waals surface area contributed by atoms with E-state index in [4.69, 9.17) is 9.84 Å². The summed E-state index contributed by atoms with van der Waals surface area (Å²) in [7, 11) is 1.63. The van der Waals surface area contributed by atoms with Gasteiger partial charge in [0, 0.05) is 29.6 Å². The third-order valence-corrected chi connectivity index (χ3v) is 4.74. The van der Waals surface area contributed by atoms with Crippen LogP contribution in [0, 0.1) is 0 Å². The van der Waals surface area contributed by atoms with Crippen molar-refractivity contribution in [2.75, 3.05) is 7.11 Å². The molecule has 2 heterocycles. The van der Waals surface area contributed by atoms with Crippen molar-refractivity contribution in [3.05, 3.63) is 107 Å². The van der Waals surface area contributed by atoms with Gasteiger partial charge in [0.25, 0.3) is 5.56 Å². The molecule has 0 atom stereocenters. The zero-order valence-electron chi connectivity index (χ0n) is 16.6. The number of nitrogens with zero attached hydrogens (tertiary/aromatic N) is 3. The molecule has 148 valence electrons. The first-order valence-corrected chi connectivity index (χ1v) is 9.63. The summed E-state index contributed by atoms with van der Waals surface area (Å²) in [6.07, 6.45) is 7.34. The largest absolute Gasteiger partial charge is 0.497 e. The molecule has 5 nitrogen and oxygen atoms in total. The lowest BCUT2D eigenvalue weighted by Crippen LogP contribution is -2.22. The number of benzene rings is 2. The Labute approximate surface area is 174 Å². The van der Waals surface area contributed by atoms with E-state index >= 15 is 0 Å². The third-order valence-electron chi connectivity index (χ3n) is 4.74. The lowest BCUT2D eigenvalue weighted by Gasteiger charge is -2.12. The van der Waals surface area contributed by atoms with Crippen molar-refractivity contribution in [1.29, 1.82) is 0 Å². The highest BCUT2D eigenvalue weighted by Gasteiger charge is 2.13. The van der Waals surface area contributed by atoms with E-state index in [0.29, 0.717) is 6.54 Å². The van der Waals surface area contributed by atoms with E-state index in [-0.39, 0.29) is 5.56 Å². The average molecular weight is 395 g/mol. The molecule has 0 aliphatic rings.